The molecule has 0 radical (unpaired) electrons. The standard InChI is InChI=1S/C26H34O4Si/c1-16-13-23-24(14-21(16)15-31(6,7)22-11-9-8-10-12-22)26(30-20(5)28)18(3)17(2)25(23)29-19(4)27/h8-12,16,21H,13-15H2,1-7H3/t16-,21+/m0/s1. The molecule has 166 valence electrons. The van der Waals surface area contributed by atoms with Crippen LogP contribution in [-0.4, -0.2) is 20.0 Å². The first-order valence-electron chi connectivity index (χ1n) is 11.1. The van der Waals surface area contributed by atoms with Crippen molar-refractivity contribution in [2.75, 3.05) is 0 Å². The number of esters is 2. The van der Waals surface area contributed by atoms with E-state index in [4.69, 9.17) is 9.47 Å². The van der Waals surface area contributed by atoms with Crippen LogP contribution in [0.15, 0.2) is 30.3 Å². The first kappa shape index (κ1) is 23.3. The minimum Gasteiger partial charge on any atom is -0.426 e. The van der Waals surface area contributed by atoms with Crippen LogP contribution in [0.4, 0.5) is 0 Å². The predicted molar refractivity (Wildman–Crippen MR) is 127 cm³/mol. The topological polar surface area (TPSA) is 52.6 Å². The molecule has 0 unspecified atom stereocenters. The molecule has 3 rings (SSSR count). The molecule has 0 saturated heterocycles. The molecule has 0 saturated carbocycles. The lowest BCUT2D eigenvalue weighted by atomic mass is 9.75. The number of ether oxygens (including phenoxy) is 2. The minimum absolute atomic E-state index is 0.320. The third-order valence-corrected chi connectivity index (χ3v) is 10.2. The van der Waals surface area contributed by atoms with Crippen LogP contribution in [0.1, 0.15) is 43.0 Å². The maximum absolute atomic E-state index is 11.9. The lowest BCUT2D eigenvalue weighted by Gasteiger charge is -2.37. The van der Waals surface area contributed by atoms with Gasteiger partial charge in [-0.1, -0.05) is 61.6 Å². The van der Waals surface area contributed by atoms with E-state index in [9.17, 15) is 9.59 Å². The highest BCUT2D eigenvalue weighted by Crippen LogP contribution is 2.46. The van der Waals surface area contributed by atoms with E-state index in [1.54, 1.807) is 0 Å². The summed E-state index contributed by atoms with van der Waals surface area (Å²) in [4.78, 5) is 23.7. The lowest BCUT2D eigenvalue weighted by molar-refractivity contribution is -0.133. The molecular weight excluding hydrogens is 404 g/mol. The molecule has 0 amide bonds. The molecule has 2 aromatic rings. The summed E-state index contributed by atoms with van der Waals surface area (Å²) in [6.07, 6.45) is 1.65. The summed E-state index contributed by atoms with van der Waals surface area (Å²) in [5, 5.41) is 1.47. The van der Waals surface area contributed by atoms with Crippen molar-refractivity contribution in [3.8, 4) is 11.5 Å². The molecule has 2 aromatic carbocycles. The quantitative estimate of drug-likeness (QED) is 0.369. The number of rotatable bonds is 5. The average molecular weight is 439 g/mol. The first-order chi connectivity index (χ1) is 14.5. The zero-order chi connectivity index (χ0) is 22.9. The van der Waals surface area contributed by atoms with Gasteiger partial charge in [0.1, 0.15) is 11.5 Å². The van der Waals surface area contributed by atoms with Crippen LogP contribution in [0.3, 0.4) is 0 Å². The molecule has 4 nitrogen and oxygen atoms in total. The highest BCUT2D eigenvalue weighted by Gasteiger charge is 2.37. The van der Waals surface area contributed by atoms with Gasteiger partial charge in [-0.15, -0.1) is 0 Å². The van der Waals surface area contributed by atoms with Crippen molar-refractivity contribution < 1.29 is 19.1 Å². The van der Waals surface area contributed by atoms with Crippen LogP contribution in [0.2, 0.25) is 19.1 Å². The van der Waals surface area contributed by atoms with E-state index in [0.717, 1.165) is 41.1 Å². The molecule has 0 heterocycles. The lowest BCUT2D eigenvalue weighted by Crippen LogP contribution is -2.44. The van der Waals surface area contributed by atoms with E-state index in [1.165, 1.54) is 19.0 Å². The molecule has 0 fully saturated rings. The molecule has 0 aromatic heterocycles. The Morgan fingerprint density at radius 3 is 1.87 bits per heavy atom. The largest absolute Gasteiger partial charge is 0.426 e. The molecule has 1 aliphatic rings. The third-order valence-electron chi connectivity index (χ3n) is 6.77. The monoisotopic (exact) mass is 438 g/mol. The Balaban J connectivity index is 2.05. The fourth-order valence-corrected chi connectivity index (χ4v) is 8.14. The Kier molecular flexibility index (Phi) is 6.75. The van der Waals surface area contributed by atoms with E-state index in [-0.39, 0.29) is 11.9 Å². The fraction of sp³-hybridized carbons (Fsp3) is 0.462. The van der Waals surface area contributed by atoms with Crippen molar-refractivity contribution in [3.05, 3.63) is 52.6 Å². The van der Waals surface area contributed by atoms with Gasteiger partial charge in [-0.05, 0) is 49.7 Å². The zero-order valence-electron chi connectivity index (χ0n) is 19.8. The molecule has 5 heteroatoms. The van der Waals surface area contributed by atoms with Crippen LogP contribution < -0.4 is 14.7 Å². The van der Waals surface area contributed by atoms with Gasteiger partial charge in [-0.3, -0.25) is 9.59 Å². The average Bonchev–Trinajstić information content (AvgIpc) is 2.70. The van der Waals surface area contributed by atoms with Gasteiger partial charge < -0.3 is 9.47 Å². The molecule has 2 atom stereocenters. The van der Waals surface area contributed by atoms with E-state index in [0.29, 0.717) is 23.3 Å². The van der Waals surface area contributed by atoms with Crippen LogP contribution in [0.5, 0.6) is 11.5 Å². The van der Waals surface area contributed by atoms with Gasteiger partial charge in [0, 0.05) is 25.0 Å². The Morgan fingerprint density at radius 2 is 1.39 bits per heavy atom. The summed E-state index contributed by atoms with van der Waals surface area (Å²) in [5.74, 6) is 1.60. The van der Waals surface area contributed by atoms with Gasteiger partial charge in [0.25, 0.3) is 0 Å². The van der Waals surface area contributed by atoms with Gasteiger partial charge in [-0.2, -0.15) is 0 Å². The SMILES string of the molecule is CC(=O)Oc1c(C)c(C)c(OC(C)=O)c2c1C[C@H](C[Si](C)(C)c1ccccc1)[C@@H](C)C2. The van der Waals surface area contributed by atoms with Crippen molar-refractivity contribution in [2.45, 2.75) is 66.6 Å². The molecular formula is C26H34O4Si. The highest BCUT2D eigenvalue weighted by molar-refractivity contribution is 6.89. The van der Waals surface area contributed by atoms with Crippen LogP contribution in [-0.2, 0) is 22.4 Å². The van der Waals surface area contributed by atoms with Crippen LogP contribution >= 0.6 is 0 Å². The van der Waals surface area contributed by atoms with E-state index in [2.05, 4.69) is 50.3 Å². The maximum atomic E-state index is 11.9. The van der Waals surface area contributed by atoms with Crippen LogP contribution in [0.25, 0.3) is 0 Å². The molecule has 0 N–H and O–H groups in total. The molecule has 31 heavy (non-hydrogen) atoms. The van der Waals surface area contributed by atoms with Gasteiger partial charge in [0.2, 0.25) is 0 Å². The zero-order valence-corrected chi connectivity index (χ0v) is 20.8. The van der Waals surface area contributed by atoms with Gasteiger partial charge in [-0.25, -0.2) is 0 Å². The summed E-state index contributed by atoms with van der Waals surface area (Å²) in [6.45, 7) is 13.9. The van der Waals surface area contributed by atoms with Crippen molar-refractivity contribution in [1.82, 2.24) is 0 Å². The molecule has 0 spiro atoms. The second-order valence-corrected chi connectivity index (χ2v) is 14.4. The Hall–Kier alpha value is -2.40. The number of hydrogen-bond acceptors (Lipinski definition) is 4. The predicted octanol–water partition coefficient (Wildman–Crippen LogP) is 5.12. The number of carbonyl (C=O) groups is 2. The normalized spacial score (nSPS) is 18.3. The minimum atomic E-state index is -1.64. The van der Waals surface area contributed by atoms with Gasteiger partial charge in [0.15, 0.2) is 0 Å². The summed E-state index contributed by atoms with van der Waals surface area (Å²) in [7, 11) is -1.64. The number of hydrogen-bond donors (Lipinski definition) is 0. The van der Waals surface area contributed by atoms with Crippen molar-refractivity contribution in [2.24, 2.45) is 11.8 Å². The Morgan fingerprint density at radius 1 is 0.903 bits per heavy atom. The fourth-order valence-electron chi connectivity index (χ4n) is 4.95. The second-order valence-electron chi connectivity index (χ2n) is 9.65. The molecule has 0 bridgehead atoms. The Labute approximate surface area is 187 Å². The van der Waals surface area contributed by atoms with Crippen LogP contribution in [0, 0.1) is 25.7 Å². The third kappa shape index (κ3) is 4.92. The molecule has 0 aliphatic heterocycles. The number of fused-ring (bicyclic) bond motifs is 1. The smallest absolute Gasteiger partial charge is 0.308 e. The number of benzene rings is 2. The number of carbonyl (C=O) groups excluding carboxylic acids is 2. The Bertz CT molecular complexity index is 994. The highest BCUT2D eigenvalue weighted by atomic mass is 28.3. The summed E-state index contributed by atoms with van der Waals surface area (Å²) in [6, 6.07) is 12.0. The van der Waals surface area contributed by atoms with Gasteiger partial charge >= 0.3 is 11.9 Å². The maximum Gasteiger partial charge on any atom is 0.308 e. The van der Waals surface area contributed by atoms with Crippen molar-refractivity contribution >= 4 is 25.2 Å². The van der Waals surface area contributed by atoms with E-state index < -0.39 is 8.07 Å². The van der Waals surface area contributed by atoms with Crippen molar-refractivity contribution in [3.63, 3.8) is 0 Å². The van der Waals surface area contributed by atoms with Gasteiger partial charge in [0.05, 0.1) is 8.07 Å². The second kappa shape index (κ2) is 8.99. The van der Waals surface area contributed by atoms with E-state index in [1.807, 2.05) is 13.8 Å². The summed E-state index contributed by atoms with van der Waals surface area (Å²) >= 11 is 0. The van der Waals surface area contributed by atoms with E-state index >= 15 is 0 Å². The molecule has 1 aliphatic carbocycles. The summed E-state index contributed by atoms with van der Waals surface area (Å²) in [5.41, 5.74) is 3.81. The summed E-state index contributed by atoms with van der Waals surface area (Å²) < 4.78 is 11.4. The first-order valence-corrected chi connectivity index (χ1v) is 14.3. The van der Waals surface area contributed by atoms with Crippen molar-refractivity contribution in [1.29, 1.82) is 0 Å².